The molecule has 0 aliphatic heterocycles. The molecule has 1 heteroatoms. The fraction of sp³-hybridized carbons (Fsp3) is 0.556. The zero-order valence-electron chi connectivity index (χ0n) is 6.73. The lowest BCUT2D eigenvalue weighted by Gasteiger charge is -1.85. The molecule has 0 atom stereocenters. The van der Waals surface area contributed by atoms with Gasteiger partial charge in [0.05, 0.1) is 0 Å². The SMILES string of the molecule is CC/C=C\C(F)=C/CCC. The van der Waals surface area contributed by atoms with E-state index in [0.717, 1.165) is 19.3 Å². The van der Waals surface area contributed by atoms with Crippen LogP contribution in [-0.4, -0.2) is 0 Å². The van der Waals surface area contributed by atoms with E-state index in [0.29, 0.717) is 0 Å². The molecule has 0 nitrogen and oxygen atoms in total. The minimum absolute atomic E-state index is 0.108. The third-order valence-corrected chi connectivity index (χ3v) is 1.14. The van der Waals surface area contributed by atoms with Crippen LogP contribution >= 0.6 is 0 Å². The lowest BCUT2D eigenvalue weighted by atomic mass is 10.3. The van der Waals surface area contributed by atoms with Gasteiger partial charge in [0, 0.05) is 0 Å². The first-order valence-corrected chi connectivity index (χ1v) is 3.83. The number of allylic oxidation sites excluding steroid dienone is 4. The van der Waals surface area contributed by atoms with Gasteiger partial charge in [0.25, 0.3) is 0 Å². The summed E-state index contributed by atoms with van der Waals surface area (Å²) in [5.74, 6) is -0.108. The minimum Gasteiger partial charge on any atom is -0.207 e. The molecule has 0 saturated carbocycles. The van der Waals surface area contributed by atoms with Crippen LogP contribution in [0.3, 0.4) is 0 Å². The molecule has 0 bridgehead atoms. The monoisotopic (exact) mass is 142 g/mol. The Hall–Kier alpha value is -0.590. The van der Waals surface area contributed by atoms with Gasteiger partial charge in [-0.05, 0) is 25.0 Å². The van der Waals surface area contributed by atoms with E-state index in [1.54, 1.807) is 6.08 Å². The second-order valence-corrected chi connectivity index (χ2v) is 2.19. The highest BCUT2D eigenvalue weighted by Gasteiger charge is 1.83. The van der Waals surface area contributed by atoms with Crippen LogP contribution in [0.4, 0.5) is 4.39 Å². The van der Waals surface area contributed by atoms with E-state index in [1.165, 1.54) is 6.08 Å². The molecule has 0 saturated heterocycles. The van der Waals surface area contributed by atoms with Crippen molar-refractivity contribution in [2.75, 3.05) is 0 Å². The van der Waals surface area contributed by atoms with Crippen molar-refractivity contribution in [1.29, 1.82) is 0 Å². The molecule has 0 rings (SSSR count). The van der Waals surface area contributed by atoms with Crippen LogP contribution in [0.1, 0.15) is 33.1 Å². The maximum atomic E-state index is 12.6. The molecule has 0 aliphatic carbocycles. The largest absolute Gasteiger partial charge is 0.207 e. The molecule has 0 aliphatic rings. The summed E-state index contributed by atoms with van der Waals surface area (Å²) in [4.78, 5) is 0. The Morgan fingerprint density at radius 1 is 1.40 bits per heavy atom. The number of halogens is 1. The maximum Gasteiger partial charge on any atom is 0.118 e. The highest BCUT2D eigenvalue weighted by atomic mass is 19.1. The van der Waals surface area contributed by atoms with Gasteiger partial charge in [-0.1, -0.05) is 26.3 Å². The second-order valence-electron chi connectivity index (χ2n) is 2.19. The molecule has 0 aromatic rings. The van der Waals surface area contributed by atoms with Crippen LogP contribution in [-0.2, 0) is 0 Å². The summed E-state index contributed by atoms with van der Waals surface area (Å²) >= 11 is 0. The topological polar surface area (TPSA) is 0 Å². The summed E-state index contributed by atoms with van der Waals surface area (Å²) in [5, 5.41) is 0. The van der Waals surface area contributed by atoms with Crippen molar-refractivity contribution in [2.45, 2.75) is 33.1 Å². The Morgan fingerprint density at radius 2 is 2.10 bits per heavy atom. The Balaban J connectivity index is 3.59. The summed E-state index contributed by atoms with van der Waals surface area (Å²) in [5.41, 5.74) is 0. The van der Waals surface area contributed by atoms with Crippen LogP contribution in [0.2, 0.25) is 0 Å². The second kappa shape index (κ2) is 6.53. The van der Waals surface area contributed by atoms with Gasteiger partial charge in [-0.25, -0.2) is 4.39 Å². The molecule has 0 unspecified atom stereocenters. The zero-order valence-corrected chi connectivity index (χ0v) is 6.73. The van der Waals surface area contributed by atoms with Crippen molar-refractivity contribution in [1.82, 2.24) is 0 Å². The van der Waals surface area contributed by atoms with Crippen molar-refractivity contribution in [3.63, 3.8) is 0 Å². The van der Waals surface area contributed by atoms with E-state index >= 15 is 0 Å². The van der Waals surface area contributed by atoms with E-state index in [1.807, 2.05) is 19.9 Å². The Bertz CT molecular complexity index is 123. The molecular formula is C9H15F. The fourth-order valence-electron chi connectivity index (χ4n) is 0.581. The quantitative estimate of drug-likeness (QED) is 0.526. The molecule has 0 fully saturated rings. The molecule has 58 valence electrons. The first kappa shape index (κ1) is 9.41. The van der Waals surface area contributed by atoms with E-state index in [4.69, 9.17) is 0 Å². The van der Waals surface area contributed by atoms with Crippen LogP contribution in [0.15, 0.2) is 24.1 Å². The van der Waals surface area contributed by atoms with E-state index < -0.39 is 0 Å². The summed E-state index contributed by atoms with van der Waals surface area (Å²) in [7, 11) is 0. The van der Waals surface area contributed by atoms with Gasteiger partial charge in [0.2, 0.25) is 0 Å². The molecule has 0 spiro atoms. The van der Waals surface area contributed by atoms with Crippen molar-refractivity contribution in [3.8, 4) is 0 Å². The van der Waals surface area contributed by atoms with E-state index in [2.05, 4.69) is 0 Å². The van der Waals surface area contributed by atoms with Crippen LogP contribution in [0.5, 0.6) is 0 Å². The van der Waals surface area contributed by atoms with Crippen LogP contribution in [0, 0.1) is 0 Å². The van der Waals surface area contributed by atoms with Gasteiger partial charge in [-0.2, -0.15) is 0 Å². The number of unbranched alkanes of at least 4 members (excludes halogenated alkanes) is 1. The molecule has 0 radical (unpaired) electrons. The minimum atomic E-state index is -0.108. The molecule has 0 N–H and O–H groups in total. The number of hydrogen-bond acceptors (Lipinski definition) is 0. The van der Waals surface area contributed by atoms with E-state index in [-0.39, 0.29) is 5.83 Å². The smallest absolute Gasteiger partial charge is 0.118 e. The van der Waals surface area contributed by atoms with Gasteiger partial charge in [-0.3, -0.25) is 0 Å². The Morgan fingerprint density at radius 3 is 2.60 bits per heavy atom. The molecule has 0 heterocycles. The van der Waals surface area contributed by atoms with Crippen LogP contribution < -0.4 is 0 Å². The van der Waals surface area contributed by atoms with Gasteiger partial charge in [0.1, 0.15) is 5.83 Å². The number of rotatable bonds is 4. The van der Waals surface area contributed by atoms with Crippen LogP contribution in [0.25, 0.3) is 0 Å². The summed E-state index contributed by atoms with van der Waals surface area (Å²) in [6.07, 6.45) is 7.70. The number of hydrogen-bond donors (Lipinski definition) is 0. The molecule has 0 aromatic carbocycles. The van der Waals surface area contributed by atoms with Crippen molar-refractivity contribution in [3.05, 3.63) is 24.1 Å². The standard InChI is InChI=1S/C9H15F/c1-3-5-7-9(10)8-6-4-2/h5,7-8H,3-4,6H2,1-2H3/b7-5-,9-8+. The lowest BCUT2D eigenvalue weighted by Crippen LogP contribution is -1.67. The van der Waals surface area contributed by atoms with Gasteiger partial charge >= 0.3 is 0 Å². The zero-order chi connectivity index (χ0) is 7.82. The Kier molecular flexibility index (Phi) is 6.14. The predicted octanol–water partition coefficient (Wildman–Crippen LogP) is 3.61. The first-order chi connectivity index (χ1) is 4.81. The molecule has 0 aromatic heterocycles. The van der Waals surface area contributed by atoms with E-state index in [9.17, 15) is 4.39 Å². The highest BCUT2D eigenvalue weighted by Crippen LogP contribution is 2.02. The predicted molar refractivity (Wildman–Crippen MR) is 43.5 cm³/mol. The third-order valence-electron chi connectivity index (χ3n) is 1.14. The average Bonchev–Trinajstić information content (AvgIpc) is 1.97. The van der Waals surface area contributed by atoms with Gasteiger partial charge in [-0.15, -0.1) is 0 Å². The van der Waals surface area contributed by atoms with Crippen molar-refractivity contribution >= 4 is 0 Å². The first-order valence-electron chi connectivity index (χ1n) is 3.83. The van der Waals surface area contributed by atoms with Gasteiger partial charge in [0.15, 0.2) is 0 Å². The van der Waals surface area contributed by atoms with Crippen molar-refractivity contribution in [2.24, 2.45) is 0 Å². The third kappa shape index (κ3) is 5.54. The summed E-state index contributed by atoms with van der Waals surface area (Å²) in [6, 6.07) is 0. The molecular weight excluding hydrogens is 127 g/mol. The lowest BCUT2D eigenvalue weighted by molar-refractivity contribution is 0.657. The summed E-state index contributed by atoms with van der Waals surface area (Å²) in [6.45, 7) is 4.02. The van der Waals surface area contributed by atoms with Crippen molar-refractivity contribution < 1.29 is 4.39 Å². The summed E-state index contributed by atoms with van der Waals surface area (Å²) < 4.78 is 12.6. The maximum absolute atomic E-state index is 12.6. The fourth-order valence-corrected chi connectivity index (χ4v) is 0.581. The Labute approximate surface area is 62.4 Å². The average molecular weight is 142 g/mol. The highest BCUT2D eigenvalue weighted by molar-refractivity contribution is 5.10. The molecule has 10 heavy (non-hydrogen) atoms. The van der Waals surface area contributed by atoms with Gasteiger partial charge < -0.3 is 0 Å². The normalized spacial score (nSPS) is 12.9. The molecule has 0 amide bonds.